The highest BCUT2D eigenvalue weighted by Crippen LogP contribution is 2.26. The molecule has 0 aliphatic heterocycles. The predicted octanol–water partition coefficient (Wildman–Crippen LogP) is 4.50. The lowest BCUT2D eigenvalue weighted by atomic mass is 10.1. The van der Waals surface area contributed by atoms with Gasteiger partial charge in [-0.25, -0.2) is 8.78 Å². The van der Waals surface area contributed by atoms with Crippen LogP contribution in [-0.4, -0.2) is 15.5 Å². The molecule has 0 fully saturated rings. The number of halogens is 3. The first-order valence-corrected chi connectivity index (χ1v) is 7.96. The molecule has 0 atom stereocenters. The highest BCUT2D eigenvalue weighted by Gasteiger charge is 2.19. The molecule has 4 nitrogen and oxygen atoms in total. The molecule has 23 heavy (non-hydrogen) atoms. The van der Waals surface area contributed by atoms with Gasteiger partial charge in [-0.3, -0.25) is 4.79 Å². The Morgan fingerprint density at radius 2 is 1.87 bits per heavy atom. The summed E-state index contributed by atoms with van der Waals surface area (Å²) in [6.45, 7) is 0. The summed E-state index contributed by atoms with van der Waals surface area (Å²) in [7, 11) is 0. The Hall–Kier alpha value is -2.19. The number of anilines is 1. The highest BCUT2D eigenvalue weighted by molar-refractivity contribution is 9.10. The summed E-state index contributed by atoms with van der Waals surface area (Å²) in [5.74, 6) is -1.48. The van der Waals surface area contributed by atoms with E-state index in [4.69, 9.17) is 0 Å². The van der Waals surface area contributed by atoms with Gasteiger partial charge in [-0.05, 0) is 54.0 Å². The second-order valence-corrected chi connectivity index (χ2v) is 6.21. The fourth-order valence-corrected chi connectivity index (χ4v) is 2.82. The molecule has 116 valence electrons. The molecule has 1 N–H and O–H groups in total. The summed E-state index contributed by atoms with van der Waals surface area (Å²) in [5, 5.41) is 6.38. The fraction of sp³-hybridized carbons (Fsp3) is 0. The van der Waals surface area contributed by atoms with Crippen molar-refractivity contribution in [3.63, 3.8) is 0 Å². The minimum absolute atomic E-state index is 0.0525. The second kappa shape index (κ2) is 6.51. The lowest BCUT2D eigenvalue weighted by molar-refractivity contribution is 0.103. The molecular weight excluding hydrogens is 388 g/mol. The Balaban J connectivity index is 1.89. The van der Waals surface area contributed by atoms with Gasteiger partial charge >= 0.3 is 0 Å². The summed E-state index contributed by atoms with van der Waals surface area (Å²) in [5.41, 5.74) is 0.934. The van der Waals surface area contributed by atoms with Crippen molar-refractivity contribution in [3.8, 4) is 11.3 Å². The van der Waals surface area contributed by atoms with E-state index in [0.29, 0.717) is 15.7 Å². The first-order chi connectivity index (χ1) is 11.0. The van der Waals surface area contributed by atoms with Crippen molar-refractivity contribution in [2.45, 2.75) is 0 Å². The monoisotopic (exact) mass is 395 g/mol. The minimum atomic E-state index is -0.562. The molecule has 2 aromatic carbocycles. The maximum atomic E-state index is 13.8. The normalized spacial score (nSPS) is 10.6. The first kappa shape index (κ1) is 15.7. The van der Waals surface area contributed by atoms with Crippen LogP contribution >= 0.6 is 27.5 Å². The second-order valence-electron chi connectivity index (χ2n) is 4.54. The van der Waals surface area contributed by atoms with Crippen molar-refractivity contribution in [2.24, 2.45) is 0 Å². The maximum Gasteiger partial charge on any atom is 0.269 e. The van der Waals surface area contributed by atoms with Gasteiger partial charge in [0.2, 0.25) is 0 Å². The average molecular weight is 396 g/mol. The molecule has 0 aliphatic carbocycles. The first-order valence-electron chi connectivity index (χ1n) is 6.39. The van der Waals surface area contributed by atoms with Crippen molar-refractivity contribution in [3.05, 3.63) is 63.4 Å². The topological polar surface area (TPSA) is 54.9 Å². The number of carbonyl (C=O) groups is 1. The zero-order valence-electron chi connectivity index (χ0n) is 11.4. The van der Waals surface area contributed by atoms with Crippen molar-refractivity contribution >= 4 is 39.1 Å². The Kier molecular flexibility index (Phi) is 4.44. The predicted molar refractivity (Wildman–Crippen MR) is 87.4 cm³/mol. The Labute approximate surface area is 142 Å². The number of nitrogens with one attached hydrogen (secondary N) is 1. The van der Waals surface area contributed by atoms with E-state index >= 15 is 0 Å². The molecule has 1 amide bonds. The molecule has 0 aliphatic rings. The van der Waals surface area contributed by atoms with Crippen LogP contribution in [0.5, 0.6) is 0 Å². The van der Waals surface area contributed by atoms with Gasteiger partial charge in [-0.15, -0.1) is 5.10 Å². The largest absolute Gasteiger partial charge is 0.319 e. The average Bonchev–Trinajstić information content (AvgIpc) is 3.00. The van der Waals surface area contributed by atoms with Crippen LogP contribution in [0.15, 0.2) is 46.9 Å². The number of rotatable bonds is 3. The summed E-state index contributed by atoms with van der Waals surface area (Å²) in [6, 6.07) is 9.86. The highest BCUT2D eigenvalue weighted by atomic mass is 79.9. The third-order valence-corrected chi connectivity index (χ3v) is 4.21. The SMILES string of the molecule is O=C(Nc1ccc(Br)cc1F)c1snnc1-c1ccc(F)cc1. The summed E-state index contributed by atoms with van der Waals surface area (Å²) < 4.78 is 31.1. The van der Waals surface area contributed by atoms with E-state index in [-0.39, 0.29) is 16.4 Å². The molecule has 0 saturated carbocycles. The van der Waals surface area contributed by atoms with Crippen LogP contribution in [0.1, 0.15) is 9.67 Å². The van der Waals surface area contributed by atoms with Gasteiger partial charge in [0.25, 0.3) is 5.91 Å². The number of nitrogens with zero attached hydrogens (tertiary/aromatic N) is 2. The standard InChI is InChI=1S/C15H8BrF2N3OS/c16-9-3-6-12(11(18)7-9)19-15(22)14-13(20-21-23-14)8-1-4-10(17)5-2-8/h1-7H,(H,19,22). The molecule has 0 radical (unpaired) electrons. The van der Waals surface area contributed by atoms with Gasteiger partial charge in [0.15, 0.2) is 0 Å². The van der Waals surface area contributed by atoms with Crippen molar-refractivity contribution < 1.29 is 13.6 Å². The quantitative estimate of drug-likeness (QED) is 0.710. The van der Waals surface area contributed by atoms with E-state index in [1.807, 2.05) is 0 Å². The van der Waals surface area contributed by atoms with Gasteiger partial charge in [0.1, 0.15) is 22.2 Å². The van der Waals surface area contributed by atoms with E-state index in [2.05, 4.69) is 30.8 Å². The van der Waals surface area contributed by atoms with Crippen molar-refractivity contribution in [1.82, 2.24) is 9.59 Å². The number of aromatic nitrogens is 2. The fourth-order valence-electron chi connectivity index (χ4n) is 1.91. The van der Waals surface area contributed by atoms with Gasteiger partial charge in [0.05, 0.1) is 5.69 Å². The number of benzene rings is 2. The molecule has 1 aromatic heterocycles. The van der Waals surface area contributed by atoms with E-state index < -0.39 is 11.7 Å². The lowest BCUT2D eigenvalue weighted by Gasteiger charge is -2.06. The number of hydrogen-bond donors (Lipinski definition) is 1. The molecule has 1 heterocycles. The summed E-state index contributed by atoms with van der Waals surface area (Å²) in [6.07, 6.45) is 0. The molecule has 0 unspecified atom stereocenters. The van der Waals surface area contributed by atoms with Crippen LogP contribution in [0, 0.1) is 11.6 Å². The number of hydrogen-bond acceptors (Lipinski definition) is 4. The third kappa shape index (κ3) is 3.43. The van der Waals surface area contributed by atoms with E-state index in [0.717, 1.165) is 11.5 Å². The molecule has 0 saturated heterocycles. The van der Waals surface area contributed by atoms with Crippen LogP contribution in [0.25, 0.3) is 11.3 Å². The van der Waals surface area contributed by atoms with Crippen LogP contribution in [0.2, 0.25) is 0 Å². The van der Waals surface area contributed by atoms with Gasteiger partial charge in [-0.2, -0.15) is 0 Å². The maximum absolute atomic E-state index is 13.8. The molecule has 3 aromatic rings. The van der Waals surface area contributed by atoms with Crippen LogP contribution in [0.3, 0.4) is 0 Å². The summed E-state index contributed by atoms with van der Waals surface area (Å²) in [4.78, 5) is 12.6. The van der Waals surface area contributed by atoms with Gasteiger partial charge in [0, 0.05) is 10.0 Å². The Bertz CT molecular complexity index is 867. The Morgan fingerprint density at radius 3 is 2.57 bits per heavy atom. The van der Waals surface area contributed by atoms with Crippen LogP contribution in [0.4, 0.5) is 14.5 Å². The minimum Gasteiger partial charge on any atom is -0.319 e. The van der Waals surface area contributed by atoms with E-state index in [1.165, 1.54) is 36.4 Å². The molecule has 3 rings (SSSR count). The van der Waals surface area contributed by atoms with E-state index in [1.54, 1.807) is 6.07 Å². The Morgan fingerprint density at radius 1 is 1.13 bits per heavy atom. The van der Waals surface area contributed by atoms with Gasteiger partial charge < -0.3 is 5.32 Å². The molecular formula is C15H8BrF2N3OS. The lowest BCUT2D eigenvalue weighted by Crippen LogP contribution is -2.12. The number of amides is 1. The molecule has 0 bridgehead atoms. The zero-order valence-corrected chi connectivity index (χ0v) is 13.8. The summed E-state index contributed by atoms with van der Waals surface area (Å²) >= 11 is 4.03. The van der Waals surface area contributed by atoms with E-state index in [9.17, 15) is 13.6 Å². The third-order valence-electron chi connectivity index (χ3n) is 2.99. The van der Waals surface area contributed by atoms with Gasteiger partial charge in [-0.1, -0.05) is 20.4 Å². The zero-order chi connectivity index (χ0) is 16.4. The van der Waals surface area contributed by atoms with Crippen LogP contribution < -0.4 is 5.32 Å². The molecule has 0 spiro atoms. The smallest absolute Gasteiger partial charge is 0.269 e. The van der Waals surface area contributed by atoms with Crippen LogP contribution in [-0.2, 0) is 0 Å². The number of carbonyl (C=O) groups excluding carboxylic acids is 1. The van der Waals surface area contributed by atoms with Crippen molar-refractivity contribution in [2.75, 3.05) is 5.32 Å². The van der Waals surface area contributed by atoms with Crippen molar-refractivity contribution in [1.29, 1.82) is 0 Å². The molecule has 8 heteroatoms.